The van der Waals surface area contributed by atoms with Gasteiger partial charge >= 0.3 is 5.97 Å². The van der Waals surface area contributed by atoms with E-state index in [9.17, 15) is 9.59 Å². The van der Waals surface area contributed by atoms with Gasteiger partial charge in [0.05, 0.1) is 13.5 Å². The number of amides is 1. The number of hydrogen-bond acceptors (Lipinski definition) is 3. The summed E-state index contributed by atoms with van der Waals surface area (Å²) in [7, 11) is 4.84. The van der Waals surface area contributed by atoms with Crippen LogP contribution >= 0.6 is 0 Å². The highest BCUT2D eigenvalue weighted by Gasteiger charge is 2.22. The highest BCUT2D eigenvalue weighted by atomic mass is 16.5. The topological polar surface area (TPSA) is 66.8 Å². The molecule has 5 nitrogen and oxygen atoms in total. The number of para-hydroxylation sites is 1. The molecule has 1 amide bonds. The lowest BCUT2D eigenvalue weighted by atomic mass is 9.91. The molecule has 1 aromatic rings. The monoisotopic (exact) mass is 265 g/mol. The van der Waals surface area contributed by atoms with Crippen molar-refractivity contribution in [3.63, 3.8) is 0 Å². The summed E-state index contributed by atoms with van der Waals surface area (Å²) in [5, 5.41) is 8.99. The zero-order valence-electron chi connectivity index (χ0n) is 11.4. The summed E-state index contributed by atoms with van der Waals surface area (Å²) in [5.41, 5.74) is 0.752. The average Bonchev–Trinajstić information content (AvgIpc) is 2.37. The van der Waals surface area contributed by atoms with Crippen molar-refractivity contribution >= 4 is 11.9 Å². The van der Waals surface area contributed by atoms with Gasteiger partial charge in [0, 0.05) is 26.4 Å². The van der Waals surface area contributed by atoms with Crippen molar-refractivity contribution in [2.75, 3.05) is 21.2 Å². The molecule has 1 unspecified atom stereocenters. The Bertz CT molecular complexity index is 457. The summed E-state index contributed by atoms with van der Waals surface area (Å²) >= 11 is 0. The second-order valence-electron chi connectivity index (χ2n) is 4.53. The number of benzene rings is 1. The van der Waals surface area contributed by atoms with E-state index in [1.807, 2.05) is 12.1 Å². The maximum Gasteiger partial charge on any atom is 0.303 e. The van der Waals surface area contributed by atoms with Crippen molar-refractivity contribution in [3.8, 4) is 5.75 Å². The molecule has 1 atom stereocenters. The molecule has 0 bridgehead atoms. The zero-order chi connectivity index (χ0) is 14.4. The van der Waals surface area contributed by atoms with Gasteiger partial charge in [0.15, 0.2) is 0 Å². The van der Waals surface area contributed by atoms with Gasteiger partial charge in [-0.25, -0.2) is 0 Å². The van der Waals surface area contributed by atoms with Gasteiger partial charge in [0.2, 0.25) is 5.91 Å². The van der Waals surface area contributed by atoms with Crippen LogP contribution in [-0.2, 0) is 9.59 Å². The average molecular weight is 265 g/mol. The largest absolute Gasteiger partial charge is 0.496 e. The van der Waals surface area contributed by atoms with Gasteiger partial charge in [-0.1, -0.05) is 18.2 Å². The first-order valence-corrected chi connectivity index (χ1v) is 6.00. The van der Waals surface area contributed by atoms with Gasteiger partial charge in [0.1, 0.15) is 5.75 Å². The molecule has 1 N–H and O–H groups in total. The predicted octanol–water partition coefficient (Wildman–Crippen LogP) is 1.73. The van der Waals surface area contributed by atoms with Crippen LogP contribution in [0.3, 0.4) is 0 Å². The van der Waals surface area contributed by atoms with E-state index in [0.29, 0.717) is 5.75 Å². The van der Waals surface area contributed by atoms with E-state index in [1.54, 1.807) is 26.2 Å². The summed E-state index contributed by atoms with van der Waals surface area (Å²) in [6.45, 7) is 0. The molecular weight excluding hydrogens is 246 g/mol. The Hall–Kier alpha value is -2.04. The summed E-state index contributed by atoms with van der Waals surface area (Å²) in [6.07, 6.45) is 0.0552. The molecule has 0 saturated heterocycles. The fourth-order valence-electron chi connectivity index (χ4n) is 1.90. The van der Waals surface area contributed by atoms with Gasteiger partial charge < -0.3 is 14.7 Å². The SMILES string of the molecule is COc1ccccc1C(CC(=O)O)CC(=O)N(C)C. The number of carbonyl (C=O) groups is 2. The van der Waals surface area contributed by atoms with Gasteiger partial charge in [-0.05, 0) is 11.6 Å². The smallest absolute Gasteiger partial charge is 0.303 e. The van der Waals surface area contributed by atoms with Gasteiger partial charge in [-0.15, -0.1) is 0 Å². The van der Waals surface area contributed by atoms with Crippen LogP contribution in [0.5, 0.6) is 5.75 Å². The molecule has 0 aliphatic carbocycles. The van der Waals surface area contributed by atoms with Crippen molar-refractivity contribution in [2.45, 2.75) is 18.8 Å². The van der Waals surface area contributed by atoms with Crippen LogP contribution in [0.4, 0.5) is 0 Å². The standard InChI is InChI=1S/C14H19NO4/c1-15(2)13(16)8-10(9-14(17)18)11-6-4-5-7-12(11)19-3/h4-7,10H,8-9H2,1-3H3,(H,17,18). The fraction of sp³-hybridized carbons (Fsp3) is 0.429. The highest BCUT2D eigenvalue weighted by molar-refractivity contribution is 5.78. The molecule has 19 heavy (non-hydrogen) atoms. The Kier molecular flexibility index (Phi) is 5.36. The van der Waals surface area contributed by atoms with Crippen LogP contribution in [0, 0.1) is 0 Å². The molecule has 0 aliphatic heterocycles. The third-order valence-electron chi connectivity index (χ3n) is 2.92. The van der Waals surface area contributed by atoms with E-state index < -0.39 is 5.97 Å². The van der Waals surface area contributed by atoms with Gasteiger partial charge in [-0.3, -0.25) is 9.59 Å². The third-order valence-corrected chi connectivity index (χ3v) is 2.92. The van der Waals surface area contributed by atoms with E-state index >= 15 is 0 Å². The second kappa shape index (κ2) is 6.78. The Labute approximate surface area is 112 Å². The summed E-state index contributed by atoms with van der Waals surface area (Å²) < 4.78 is 5.23. The number of rotatable bonds is 6. The van der Waals surface area contributed by atoms with Crippen molar-refractivity contribution in [1.29, 1.82) is 0 Å². The Morgan fingerprint density at radius 1 is 1.26 bits per heavy atom. The molecule has 0 saturated carbocycles. The molecule has 1 rings (SSSR count). The first-order valence-electron chi connectivity index (χ1n) is 6.00. The Morgan fingerprint density at radius 3 is 2.42 bits per heavy atom. The molecule has 0 aliphatic rings. The van der Waals surface area contributed by atoms with Crippen molar-refractivity contribution in [1.82, 2.24) is 4.90 Å². The van der Waals surface area contributed by atoms with Crippen LogP contribution in [0.2, 0.25) is 0 Å². The number of carboxylic acids is 1. The van der Waals surface area contributed by atoms with Crippen molar-refractivity contribution in [3.05, 3.63) is 29.8 Å². The minimum Gasteiger partial charge on any atom is -0.496 e. The molecule has 0 radical (unpaired) electrons. The Balaban J connectivity index is 3.02. The molecule has 0 aromatic heterocycles. The molecule has 0 heterocycles. The summed E-state index contributed by atoms with van der Waals surface area (Å²) in [4.78, 5) is 24.2. The van der Waals surface area contributed by atoms with Gasteiger partial charge in [-0.2, -0.15) is 0 Å². The van der Waals surface area contributed by atoms with E-state index in [-0.39, 0.29) is 24.7 Å². The molecule has 5 heteroatoms. The highest BCUT2D eigenvalue weighted by Crippen LogP contribution is 2.31. The lowest BCUT2D eigenvalue weighted by molar-refractivity contribution is -0.137. The van der Waals surface area contributed by atoms with Gasteiger partial charge in [0.25, 0.3) is 0 Å². The second-order valence-corrected chi connectivity index (χ2v) is 4.53. The number of aliphatic carboxylic acids is 1. The third kappa shape index (κ3) is 4.28. The predicted molar refractivity (Wildman–Crippen MR) is 71.3 cm³/mol. The number of carbonyl (C=O) groups excluding carboxylic acids is 1. The first kappa shape index (κ1) is 15.0. The van der Waals surface area contributed by atoms with Crippen LogP contribution in [-0.4, -0.2) is 43.1 Å². The normalized spacial score (nSPS) is 11.7. The minimum atomic E-state index is -0.928. The summed E-state index contributed by atoms with van der Waals surface area (Å²) in [6, 6.07) is 7.19. The van der Waals surface area contributed by atoms with E-state index in [0.717, 1.165) is 5.56 Å². The van der Waals surface area contributed by atoms with Crippen LogP contribution in [0.25, 0.3) is 0 Å². The van der Waals surface area contributed by atoms with Crippen LogP contribution < -0.4 is 4.74 Å². The summed E-state index contributed by atoms with van der Waals surface area (Å²) in [5.74, 6) is -0.802. The number of carboxylic acid groups (broad SMARTS) is 1. The van der Waals surface area contributed by atoms with Crippen molar-refractivity contribution < 1.29 is 19.4 Å². The quantitative estimate of drug-likeness (QED) is 0.850. The lowest BCUT2D eigenvalue weighted by Crippen LogP contribution is -2.24. The maximum atomic E-state index is 11.8. The van der Waals surface area contributed by atoms with Crippen LogP contribution in [0.15, 0.2) is 24.3 Å². The number of hydrogen-bond donors (Lipinski definition) is 1. The number of ether oxygens (including phenoxy) is 1. The van der Waals surface area contributed by atoms with E-state index in [1.165, 1.54) is 12.0 Å². The van der Waals surface area contributed by atoms with E-state index in [2.05, 4.69) is 0 Å². The fourth-order valence-corrected chi connectivity index (χ4v) is 1.90. The zero-order valence-corrected chi connectivity index (χ0v) is 11.4. The molecule has 104 valence electrons. The number of nitrogens with zero attached hydrogens (tertiary/aromatic N) is 1. The Morgan fingerprint density at radius 2 is 1.89 bits per heavy atom. The first-order chi connectivity index (χ1) is 8.95. The van der Waals surface area contributed by atoms with E-state index in [4.69, 9.17) is 9.84 Å². The lowest BCUT2D eigenvalue weighted by Gasteiger charge is -2.19. The molecule has 0 fully saturated rings. The number of methoxy groups -OCH3 is 1. The van der Waals surface area contributed by atoms with Crippen LogP contribution in [0.1, 0.15) is 24.3 Å². The van der Waals surface area contributed by atoms with Crippen molar-refractivity contribution in [2.24, 2.45) is 0 Å². The maximum absolute atomic E-state index is 11.8. The molecule has 1 aromatic carbocycles. The minimum absolute atomic E-state index is 0.0973. The molecule has 0 spiro atoms. The molecular formula is C14H19NO4.